The molecule has 2 unspecified atom stereocenters. The minimum Gasteiger partial charge on any atom is -0.455 e. The van der Waals surface area contributed by atoms with E-state index in [0.717, 1.165) is 21.9 Å². The van der Waals surface area contributed by atoms with Crippen molar-refractivity contribution in [3.05, 3.63) is 83.9 Å². The molecule has 0 radical (unpaired) electrons. The summed E-state index contributed by atoms with van der Waals surface area (Å²) in [6.07, 6.45) is 0.677. The quantitative estimate of drug-likeness (QED) is 0.612. The Kier molecular flexibility index (Phi) is 5.11. The summed E-state index contributed by atoms with van der Waals surface area (Å²) in [6, 6.07) is 24.0. The summed E-state index contributed by atoms with van der Waals surface area (Å²) in [6.45, 7) is 1.95. The number of esters is 1. The largest absolute Gasteiger partial charge is 0.455 e. The predicted octanol–water partition coefficient (Wildman–Crippen LogP) is 4.64. The molecule has 0 spiro atoms. The zero-order valence-corrected chi connectivity index (χ0v) is 15.9. The molecule has 1 aliphatic heterocycles. The van der Waals surface area contributed by atoms with Gasteiger partial charge in [0.2, 0.25) is 5.91 Å². The van der Waals surface area contributed by atoms with E-state index in [1.54, 1.807) is 0 Å². The second-order valence-electron chi connectivity index (χ2n) is 7.25. The number of hydrogen-bond donors (Lipinski definition) is 0. The van der Waals surface area contributed by atoms with Gasteiger partial charge in [0.1, 0.15) is 6.10 Å². The molecule has 4 rings (SSSR count). The van der Waals surface area contributed by atoms with Crippen molar-refractivity contribution in [2.45, 2.75) is 38.5 Å². The van der Waals surface area contributed by atoms with Crippen molar-refractivity contribution >= 4 is 22.6 Å². The van der Waals surface area contributed by atoms with E-state index in [-0.39, 0.29) is 17.9 Å². The molecule has 3 aromatic rings. The maximum atomic E-state index is 12.6. The first-order chi connectivity index (χ1) is 13.6. The third kappa shape index (κ3) is 3.77. The predicted molar refractivity (Wildman–Crippen MR) is 108 cm³/mol. The highest BCUT2D eigenvalue weighted by Crippen LogP contribution is 2.35. The number of amides is 1. The van der Waals surface area contributed by atoms with Gasteiger partial charge in [0.05, 0.1) is 6.04 Å². The summed E-state index contributed by atoms with van der Waals surface area (Å²) in [7, 11) is 0. The van der Waals surface area contributed by atoms with Crippen LogP contribution in [0.2, 0.25) is 0 Å². The molecule has 0 aromatic heterocycles. The number of rotatable bonds is 5. The topological polar surface area (TPSA) is 46.6 Å². The lowest BCUT2D eigenvalue weighted by Crippen LogP contribution is -2.38. The van der Waals surface area contributed by atoms with Gasteiger partial charge in [-0.3, -0.25) is 9.59 Å². The zero-order chi connectivity index (χ0) is 19.5. The number of carbonyl (C=O) groups excluding carboxylic acids is 2. The van der Waals surface area contributed by atoms with Crippen LogP contribution in [0.15, 0.2) is 72.8 Å². The normalized spacial score (nSPS) is 17.7. The van der Waals surface area contributed by atoms with E-state index in [2.05, 4.69) is 12.1 Å². The molecule has 1 aliphatic rings. The van der Waals surface area contributed by atoms with Gasteiger partial charge in [0.25, 0.3) is 0 Å². The van der Waals surface area contributed by atoms with Gasteiger partial charge < -0.3 is 9.64 Å². The summed E-state index contributed by atoms with van der Waals surface area (Å²) in [4.78, 5) is 26.3. The number of hydrogen-bond acceptors (Lipinski definition) is 3. The van der Waals surface area contributed by atoms with Crippen LogP contribution in [-0.4, -0.2) is 22.8 Å². The van der Waals surface area contributed by atoms with Crippen LogP contribution in [0.25, 0.3) is 10.8 Å². The van der Waals surface area contributed by atoms with E-state index in [0.29, 0.717) is 19.4 Å². The molecule has 0 aliphatic carbocycles. The van der Waals surface area contributed by atoms with E-state index >= 15 is 0 Å². The van der Waals surface area contributed by atoms with Gasteiger partial charge in [0.15, 0.2) is 0 Å². The molecule has 2 atom stereocenters. The molecule has 4 nitrogen and oxygen atoms in total. The number of benzene rings is 3. The fourth-order valence-corrected chi connectivity index (χ4v) is 3.99. The third-order valence-electron chi connectivity index (χ3n) is 5.31. The van der Waals surface area contributed by atoms with Crippen LogP contribution in [0.3, 0.4) is 0 Å². The van der Waals surface area contributed by atoms with Gasteiger partial charge in [-0.2, -0.15) is 0 Å². The van der Waals surface area contributed by atoms with Gasteiger partial charge in [-0.1, -0.05) is 66.7 Å². The number of likely N-dealkylation sites (tertiary alicyclic amines) is 1. The van der Waals surface area contributed by atoms with Gasteiger partial charge in [-0.05, 0) is 34.4 Å². The van der Waals surface area contributed by atoms with Crippen LogP contribution >= 0.6 is 0 Å². The number of fused-ring (bicyclic) bond motifs is 1. The lowest BCUT2D eigenvalue weighted by Gasteiger charge is -2.32. The van der Waals surface area contributed by atoms with Crippen LogP contribution in [0.1, 0.15) is 37.0 Å². The van der Waals surface area contributed by atoms with Gasteiger partial charge in [0, 0.05) is 19.9 Å². The van der Waals surface area contributed by atoms with E-state index in [4.69, 9.17) is 4.74 Å². The third-order valence-corrected chi connectivity index (χ3v) is 5.31. The molecule has 1 saturated heterocycles. The SMILES string of the molecule is CC(=O)OC(c1ccc2ccccc2c1)C1CCC(=O)N1Cc1ccccc1. The first kappa shape index (κ1) is 18.2. The number of nitrogens with zero attached hydrogens (tertiary/aromatic N) is 1. The van der Waals surface area contributed by atoms with Crippen molar-refractivity contribution < 1.29 is 14.3 Å². The fraction of sp³-hybridized carbons (Fsp3) is 0.250. The fourth-order valence-electron chi connectivity index (χ4n) is 3.99. The van der Waals surface area contributed by atoms with Crippen LogP contribution in [0, 0.1) is 0 Å². The number of ether oxygens (including phenoxy) is 1. The van der Waals surface area contributed by atoms with Crippen LogP contribution in [0.5, 0.6) is 0 Å². The van der Waals surface area contributed by atoms with Crippen LogP contribution < -0.4 is 0 Å². The molecule has 1 amide bonds. The van der Waals surface area contributed by atoms with E-state index in [1.807, 2.05) is 65.6 Å². The lowest BCUT2D eigenvalue weighted by molar-refractivity contribution is -0.152. The molecule has 1 heterocycles. The second kappa shape index (κ2) is 7.85. The molecule has 0 saturated carbocycles. The maximum absolute atomic E-state index is 12.6. The van der Waals surface area contributed by atoms with Gasteiger partial charge >= 0.3 is 5.97 Å². The molecule has 142 valence electrons. The first-order valence-electron chi connectivity index (χ1n) is 9.61. The standard InChI is InChI=1S/C24H23NO3/c1-17(26)28-24(21-12-11-19-9-5-6-10-20(19)15-21)22-13-14-23(27)25(22)16-18-7-3-2-4-8-18/h2-12,15,22,24H,13-14,16H2,1H3. The Labute approximate surface area is 164 Å². The Balaban J connectivity index is 1.68. The Morgan fingerprint density at radius 3 is 2.50 bits per heavy atom. The summed E-state index contributed by atoms with van der Waals surface area (Å²) in [5.74, 6) is -0.232. The number of carbonyl (C=O) groups is 2. The van der Waals surface area contributed by atoms with Crippen molar-refractivity contribution in [2.75, 3.05) is 0 Å². The van der Waals surface area contributed by atoms with Gasteiger partial charge in [-0.25, -0.2) is 0 Å². The van der Waals surface area contributed by atoms with Crippen molar-refractivity contribution in [2.24, 2.45) is 0 Å². The lowest BCUT2D eigenvalue weighted by atomic mass is 9.97. The summed E-state index contributed by atoms with van der Waals surface area (Å²) in [5.41, 5.74) is 1.99. The Morgan fingerprint density at radius 2 is 1.75 bits per heavy atom. The molecule has 4 heteroatoms. The first-order valence-corrected chi connectivity index (χ1v) is 9.61. The smallest absolute Gasteiger partial charge is 0.303 e. The Morgan fingerprint density at radius 1 is 1.04 bits per heavy atom. The highest BCUT2D eigenvalue weighted by atomic mass is 16.5. The second-order valence-corrected chi connectivity index (χ2v) is 7.25. The molecule has 3 aromatic carbocycles. The molecule has 0 N–H and O–H groups in total. The average molecular weight is 373 g/mol. The molecular formula is C24H23NO3. The molecule has 1 fully saturated rings. The summed E-state index contributed by atoms with van der Waals surface area (Å²) >= 11 is 0. The maximum Gasteiger partial charge on any atom is 0.303 e. The van der Waals surface area contributed by atoms with Crippen LogP contribution in [-0.2, 0) is 20.9 Å². The van der Waals surface area contributed by atoms with Crippen molar-refractivity contribution in [3.63, 3.8) is 0 Å². The highest BCUT2D eigenvalue weighted by Gasteiger charge is 2.39. The molecule has 28 heavy (non-hydrogen) atoms. The van der Waals surface area contributed by atoms with E-state index in [9.17, 15) is 9.59 Å². The van der Waals surface area contributed by atoms with Crippen molar-refractivity contribution in [1.29, 1.82) is 0 Å². The van der Waals surface area contributed by atoms with E-state index < -0.39 is 6.10 Å². The Bertz CT molecular complexity index is 999. The zero-order valence-electron chi connectivity index (χ0n) is 15.9. The van der Waals surface area contributed by atoms with Crippen molar-refractivity contribution in [1.82, 2.24) is 4.90 Å². The van der Waals surface area contributed by atoms with Crippen molar-refractivity contribution in [3.8, 4) is 0 Å². The highest BCUT2D eigenvalue weighted by molar-refractivity contribution is 5.83. The molecular weight excluding hydrogens is 350 g/mol. The van der Waals surface area contributed by atoms with E-state index in [1.165, 1.54) is 6.92 Å². The minimum absolute atomic E-state index is 0.104. The van der Waals surface area contributed by atoms with Crippen LogP contribution in [0.4, 0.5) is 0 Å². The van der Waals surface area contributed by atoms with Gasteiger partial charge in [-0.15, -0.1) is 0 Å². The summed E-state index contributed by atoms with van der Waals surface area (Å²) in [5, 5.41) is 2.23. The Hall–Kier alpha value is -3.14. The minimum atomic E-state index is -0.475. The molecule has 0 bridgehead atoms. The monoisotopic (exact) mass is 373 g/mol. The summed E-state index contributed by atoms with van der Waals surface area (Å²) < 4.78 is 5.75. The average Bonchev–Trinajstić information content (AvgIpc) is 3.06.